The number of ether oxygens (including phenoxy) is 1. The van der Waals surface area contributed by atoms with Crippen molar-refractivity contribution in [1.82, 2.24) is 0 Å². The van der Waals surface area contributed by atoms with Crippen molar-refractivity contribution in [3.05, 3.63) is 0 Å². The van der Waals surface area contributed by atoms with E-state index in [4.69, 9.17) is 4.74 Å². The number of hydrogen-bond donors (Lipinski definition) is 0. The number of rotatable bonds is 5. The molecule has 1 aliphatic heterocycles. The highest BCUT2D eigenvalue weighted by molar-refractivity contribution is 7.91. The number of sulfone groups is 1. The molecule has 0 aromatic carbocycles. The van der Waals surface area contributed by atoms with Gasteiger partial charge in [0.15, 0.2) is 9.84 Å². The molecule has 19 heavy (non-hydrogen) atoms. The van der Waals surface area contributed by atoms with Gasteiger partial charge in [-0.3, -0.25) is 0 Å². The zero-order chi connectivity index (χ0) is 15.1. The summed E-state index contributed by atoms with van der Waals surface area (Å²) in [5, 5.41) is 0. The third kappa shape index (κ3) is 3.66. The fraction of sp³-hybridized carbons (Fsp3) is 1.00. The molecule has 1 rings (SSSR count). The molecule has 1 atom stereocenters. The van der Waals surface area contributed by atoms with E-state index >= 15 is 0 Å². The van der Waals surface area contributed by atoms with Gasteiger partial charge in [-0.15, -0.1) is 0 Å². The smallest absolute Gasteiger partial charge is 0.273 e. The van der Waals surface area contributed by atoms with Crippen LogP contribution < -0.4 is 0 Å². The Bertz CT molecular complexity index is 429. The lowest BCUT2D eigenvalue weighted by atomic mass is 9.70. The SMILES string of the molecule is CC(C)C(F)(F)COCC1(C)CS(=O)(=O)CC1(C)C. The molecule has 0 amide bonds. The molecule has 0 spiro atoms. The Morgan fingerprint density at radius 2 is 1.74 bits per heavy atom. The van der Waals surface area contributed by atoms with Crippen LogP contribution in [0.1, 0.15) is 34.6 Å². The van der Waals surface area contributed by atoms with Gasteiger partial charge in [-0.1, -0.05) is 34.6 Å². The molecule has 114 valence electrons. The topological polar surface area (TPSA) is 43.4 Å². The van der Waals surface area contributed by atoms with Gasteiger partial charge in [-0.25, -0.2) is 17.2 Å². The van der Waals surface area contributed by atoms with E-state index in [-0.39, 0.29) is 18.1 Å². The van der Waals surface area contributed by atoms with Crippen LogP contribution in [0.3, 0.4) is 0 Å². The average molecular weight is 298 g/mol. The largest absolute Gasteiger partial charge is 0.375 e. The Kier molecular flexibility index (Phi) is 4.38. The Morgan fingerprint density at radius 1 is 1.21 bits per heavy atom. The quantitative estimate of drug-likeness (QED) is 0.784. The molecule has 0 aromatic rings. The monoisotopic (exact) mass is 298 g/mol. The molecule has 0 bridgehead atoms. The van der Waals surface area contributed by atoms with Gasteiger partial charge in [-0.05, 0) is 5.41 Å². The normalized spacial score (nSPS) is 29.9. The fourth-order valence-corrected chi connectivity index (χ4v) is 5.27. The highest BCUT2D eigenvalue weighted by Crippen LogP contribution is 2.47. The molecule has 1 saturated heterocycles. The van der Waals surface area contributed by atoms with Gasteiger partial charge in [0, 0.05) is 11.3 Å². The summed E-state index contributed by atoms with van der Waals surface area (Å²) in [6, 6.07) is 0. The van der Waals surface area contributed by atoms with Crippen LogP contribution in [0.2, 0.25) is 0 Å². The van der Waals surface area contributed by atoms with Crippen LogP contribution in [0.5, 0.6) is 0 Å². The van der Waals surface area contributed by atoms with Crippen molar-refractivity contribution in [2.24, 2.45) is 16.7 Å². The van der Waals surface area contributed by atoms with E-state index in [1.54, 1.807) is 6.92 Å². The lowest BCUT2D eigenvalue weighted by Crippen LogP contribution is -2.40. The van der Waals surface area contributed by atoms with Crippen LogP contribution in [0.15, 0.2) is 0 Å². The van der Waals surface area contributed by atoms with Crippen molar-refractivity contribution in [1.29, 1.82) is 0 Å². The molecule has 1 heterocycles. The summed E-state index contributed by atoms with van der Waals surface area (Å²) in [5.41, 5.74) is -1.07. The Balaban J connectivity index is 2.67. The maximum Gasteiger partial charge on any atom is 0.273 e. The average Bonchev–Trinajstić information content (AvgIpc) is 2.29. The molecule has 0 aromatic heterocycles. The molecular formula is C13H24F2O3S. The van der Waals surface area contributed by atoms with E-state index in [0.717, 1.165) is 0 Å². The summed E-state index contributed by atoms with van der Waals surface area (Å²) >= 11 is 0. The summed E-state index contributed by atoms with van der Waals surface area (Å²) in [7, 11) is -3.11. The van der Waals surface area contributed by atoms with E-state index in [1.165, 1.54) is 13.8 Å². The van der Waals surface area contributed by atoms with Crippen LogP contribution in [0.4, 0.5) is 8.78 Å². The summed E-state index contributed by atoms with van der Waals surface area (Å²) in [6.07, 6.45) is 0. The van der Waals surface area contributed by atoms with E-state index in [2.05, 4.69) is 0 Å². The van der Waals surface area contributed by atoms with Gasteiger partial charge in [0.1, 0.15) is 6.61 Å². The van der Waals surface area contributed by atoms with E-state index in [9.17, 15) is 17.2 Å². The second-order valence-electron chi connectivity index (χ2n) is 6.89. The second kappa shape index (κ2) is 4.95. The minimum atomic E-state index is -3.11. The van der Waals surface area contributed by atoms with E-state index in [1.807, 2.05) is 13.8 Å². The summed E-state index contributed by atoms with van der Waals surface area (Å²) in [5.74, 6) is -3.58. The molecule has 0 aliphatic carbocycles. The molecule has 0 saturated carbocycles. The molecule has 0 N–H and O–H groups in total. The first kappa shape index (κ1) is 16.8. The number of halogens is 2. The van der Waals surface area contributed by atoms with Crippen molar-refractivity contribution < 1.29 is 21.9 Å². The Labute approximate surface area is 114 Å². The van der Waals surface area contributed by atoms with Gasteiger partial charge in [0.05, 0.1) is 18.1 Å². The molecule has 6 heteroatoms. The molecular weight excluding hydrogens is 274 g/mol. The van der Waals surface area contributed by atoms with Crippen molar-refractivity contribution in [2.45, 2.75) is 40.5 Å². The van der Waals surface area contributed by atoms with Crippen LogP contribution >= 0.6 is 0 Å². The molecule has 1 aliphatic rings. The zero-order valence-corrected chi connectivity index (χ0v) is 13.1. The first-order valence-electron chi connectivity index (χ1n) is 6.47. The lowest BCUT2D eigenvalue weighted by Gasteiger charge is -2.36. The van der Waals surface area contributed by atoms with Gasteiger partial charge < -0.3 is 4.74 Å². The number of alkyl halides is 2. The van der Waals surface area contributed by atoms with Gasteiger partial charge in [-0.2, -0.15) is 0 Å². The van der Waals surface area contributed by atoms with Crippen LogP contribution in [0, 0.1) is 16.7 Å². The van der Waals surface area contributed by atoms with Crippen molar-refractivity contribution >= 4 is 9.84 Å². The van der Waals surface area contributed by atoms with Gasteiger partial charge in [0.2, 0.25) is 0 Å². The first-order chi connectivity index (χ1) is 8.31. The second-order valence-corrected chi connectivity index (χ2v) is 8.95. The third-order valence-corrected chi connectivity index (χ3v) is 6.55. The molecule has 1 unspecified atom stereocenters. The van der Waals surface area contributed by atoms with Crippen molar-refractivity contribution in [3.8, 4) is 0 Å². The Hall–Kier alpha value is -0.230. The number of hydrogen-bond acceptors (Lipinski definition) is 3. The Morgan fingerprint density at radius 3 is 2.11 bits per heavy atom. The van der Waals surface area contributed by atoms with E-state index in [0.29, 0.717) is 0 Å². The minimum Gasteiger partial charge on any atom is -0.375 e. The first-order valence-corrected chi connectivity index (χ1v) is 8.29. The molecule has 3 nitrogen and oxygen atoms in total. The van der Waals surface area contributed by atoms with Crippen LogP contribution in [0.25, 0.3) is 0 Å². The van der Waals surface area contributed by atoms with Crippen molar-refractivity contribution in [3.63, 3.8) is 0 Å². The van der Waals surface area contributed by atoms with Crippen LogP contribution in [-0.4, -0.2) is 39.1 Å². The standard InChI is InChI=1S/C13H24F2O3S/c1-10(2)13(14,15)7-18-6-12(5)9-19(16,17)8-11(12,3)4/h10H,6-9H2,1-5H3. The lowest BCUT2D eigenvalue weighted by molar-refractivity contribution is -0.125. The summed E-state index contributed by atoms with van der Waals surface area (Å²) < 4.78 is 55.5. The maximum atomic E-state index is 13.4. The summed E-state index contributed by atoms with van der Waals surface area (Å²) in [4.78, 5) is 0. The third-order valence-electron chi connectivity index (χ3n) is 4.31. The van der Waals surface area contributed by atoms with E-state index < -0.39 is 39.1 Å². The fourth-order valence-electron chi connectivity index (χ4n) is 2.27. The van der Waals surface area contributed by atoms with Crippen LogP contribution in [-0.2, 0) is 14.6 Å². The summed E-state index contributed by atoms with van der Waals surface area (Å²) in [6.45, 7) is 7.76. The molecule has 0 radical (unpaired) electrons. The maximum absolute atomic E-state index is 13.4. The zero-order valence-electron chi connectivity index (χ0n) is 12.3. The predicted octanol–water partition coefficient (Wildman–Crippen LogP) is 2.76. The highest BCUT2D eigenvalue weighted by atomic mass is 32.2. The van der Waals surface area contributed by atoms with Gasteiger partial charge in [0.25, 0.3) is 5.92 Å². The van der Waals surface area contributed by atoms with Crippen molar-refractivity contribution in [2.75, 3.05) is 24.7 Å². The highest BCUT2D eigenvalue weighted by Gasteiger charge is 2.53. The molecule has 1 fully saturated rings. The predicted molar refractivity (Wildman–Crippen MR) is 71.1 cm³/mol. The van der Waals surface area contributed by atoms with Gasteiger partial charge >= 0.3 is 0 Å². The minimum absolute atomic E-state index is 0.000248.